The van der Waals surface area contributed by atoms with E-state index in [1.165, 1.54) is 0 Å². The zero-order valence-electron chi connectivity index (χ0n) is 14.4. The van der Waals surface area contributed by atoms with Crippen LogP contribution in [0, 0.1) is 0 Å². The maximum atomic E-state index is 5.91. The van der Waals surface area contributed by atoms with Gasteiger partial charge in [-0.3, -0.25) is 4.68 Å². The van der Waals surface area contributed by atoms with Gasteiger partial charge in [-0.2, -0.15) is 5.10 Å². The molecule has 0 amide bonds. The van der Waals surface area contributed by atoms with Gasteiger partial charge in [0.1, 0.15) is 0 Å². The first-order valence-corrected chi connectivity index (χ1v) is 8.52. The summed E-state index contributed by atoms with van der Waals surface area (Å²) in [5.41, 5.74) is 1.15. The van der Waals surface area contributed by atoms with Crippen LogP contribution in [0.1, 0.15) is 65.1 Å². The van der Waals surface area contributed by atoms with Crippen LogP contribution in [-0.2, 0) is 11.2 Å². The summed E-state index contributed by atoms with van der Waals surface area (Å²) in [5, 5.41) is 8.18. The molecular weight excluding hydrogens is 262 g/mol. The van der Waals surface area contributed by atoms with Gasteiger partial charge in [-0.1, -0.05) is 27.2 Å². The molecule has 4 nitrogen and oxygen atoms in total. The highest BCUT2D eigenvalue weighted by atomic mass is 16.5. The van der Waals surface area contributed by atoms with Crippen molar-refractivity contribution < 1.29 is 4.74 Å². The smallest absolute Gasteiger partial charge is 0.0731 e. The molecule has 0 bridgehead atoms. The van der Waals surface area contributed by atoms with Crippen LogP contribution in [0.2, 0.25) is 0 Å². The fourth-order valence-corrected chi connectivity index (χ4v) is 2.90. The fourth-order valence-electron chi connectivity index (χ4n) is 2.90. The van der Waals surface area contributed by atoms with E-state index >= 15 is 0 Å². The summed E-state index contributed by atoms with van der Waals surface area (Å²) in [6.45, 7) is 9.49. The van der Waals surface area contributed by atoms with E-state index in [9.17, 15) is 0 Å². The molecule has 0 fully saturated rings. The molecule has 0 spiro atoms. The number of rotatable bonds is 11. The van der Waals surface area contributed by atoms with Crippen molar-refractivity contribution in [3.63, 3.8) is 0 Å². The van der Waals surface area contributed by atoms with Gasteiger partial charge in [0.15, 0.2) is 0 Å². The molecule has 1 aromatic rings. The molecule has 122 valence electrons. The van der Waals surface area contributed by atoms with Gasteiger partial charge < -0.3 is 10.1 Å². The number of hydrogen-bond donors (Lipinski definition) is 1. The van der Waals surface area contributed by atoms with Crippen LogP contribution < -0.4 is 5.32 Å². The molecule has 2 atom stereocenters. The van der Waals surface area contributed by atoms with Crippen LogP contribution in [0.15, 0.2) is 12.3 Å². The third-order valence-electron chi connectivity index (χ3n) is 4.18. The summed E-state index contributed by atoms with van der Waals surface area (Å²) in [4.78, 5) is 0. The summed E-state index contributed by atoms with van der Waals surface area (Å²) in [5.74, 6) is 0. The molecule has 0 aliphatic carbocycles. The summed E-state index contributed by atoms with van der Waals surface area (Å²) >= 11 is 0. The molecule has 0 aliphatic heterocycles. The number of likely N-dealkylation sites (N-methyl/N-ethyl adjacent to an activating group) is 1. The number of hydrogen-bond acceptors (Lipinski definition) is 3. The van der Waals surface area contributed by atoms with Gasteiger partial charge in [0.25, 0.3) is 0 Å². The molecule has 1 rings (SSSR count). The van der Waals surface area contributed by atoms with E-state index < -0.39 is 0 Å². The molecule has 2 unspecified atom stereocenters. The largest absolute Gasteiger partial charge is 0.377 e. The number of nitrogens with one attached hydrogen (secondary N) is 1. The van der Waals surface area contributed by atoms with Crippen LogP contribution in [0.3, 0.4) is 0 Å². The van der Waals surface area contributed by atoms with Gasteiger partial charge in [0, 0.05) is 25.3 Å². The molecule has 0 saturated heterocycles. The Kier molecular flexibility index (Phi) is 8.62. The second kappa shape index (κ2) is 9.96. The standard InChI is InChI=1S/C17H33N3O/c1-6-10-17(21-9-4)16(18-5)13-14-11-12-20(19-14)15(7-2)8-3/h11-12,15-18H,6-10,13H2,1-5H3. The Morgan fingerprint density at radius 2 is 1.95 bits per heavy atom. The van der Waals surface area contributed by atoms with E-state index in [4.69, 9.17) is 9.84 Å². The van der Waals surface area contributed by atoms with E-state index in [0.717, 1.165) is 44.4 Å². The van der Waals surface area contributed by atoms with Gasteiger partial charge in [0.2, 0.25) is 0 Å². The Hall–Kier alpha value is -0.870. The van der Waals surface area contributed by atoms with Crippen molar-refractivity contribution >= 4 is 0 Å². The lowest BCUT2D eigenvalue weighted by atomic mass is 10.0. The molecular formula is C17H33N3O. The minimum atomic E-state index is 0.267. The average molecular weight is 295 g/mol. The zero-order valence-corrected chi connectivity index (χ0v) is 14.4. The van der Waals surface area contributed by atoms with E-state index in [-0.39, 0.29) is 6.10 Å². The van der Waals surface area contributed by atoms with E-state index in [0.29, 0.717) is 12.1 Å². The molecule has 0 aliphatic rings. The Bertz CT molecular complexity index is 368. The second-order valence-corrected chi connectivity index (χ2v) is 5.64. The quantitative estimate of drug-likeness (QED) is 0.678. The molecule has 0 saturated carbocycles. The van der Waals surface area contributed by atoms with Crippen LogP contribution in [0.5, 0.6) is 0 Å². The lowest BCUT2D eigenvalue weighted by molar-refractivity contribution is 0.0298. The molecule has 1 aromatic heterocycles. The SMILES string of the molecule is CCCC(OCC)C(Cc1ccn(C(CC)CC)n1)NC. The number of ether oxygens (including phenoxy) is 1. The monoisotopic (exact) mass is 295 g/mol. The van der Waals surface area contributed by atoms with Crippen molar-refractivity contribution in [2.45, 2.75) is 78.0 Å². The molecule has 0 aromatic carbocycles. The Labute approximate surface area is 130 Å². The minimum absolute atomic E-state index is 0.267. The molecule has 1 heterocycles. The minimum Gasteiger partial charge on any atom is -0.377 e. The third kappa shape index (κ3) is 5.44. The average Bonchev–Trinajstić information content (AvgIpc) is 2.94. The highest BCUT2D eigenvalue weighted by Gasteiger charge is 2.21. The van der Waals surface area contributed by atoms with Crippen molar-refractivity contribution in [3.8, 4) is 0 Å². The lowest BCUT2D eigenvalue weighted by Gasteiger charge is -2.26. The van der Waals surface area contributed by atoms with Crippen molar-refractivity contribution in [1.82, 2.24) is 15.1 Å². The van der Waals surface area contributed by atoms with Crippen molar-refractivity contribution in [2.75, 3.05) is 13.7 Å². The van der Waals surface area contributed by atoms with E-state index in [1.54, 1.807) is 0 Å². The van der Waals surface area contributed by atoms with Gasteiger partial charge in [-0.05, 0) is 39.3 Å². The first-order valence-electron chi connectivity index (χ1n) is 8.52. The van der Waals surface area contributed by atoms with Crippen molar-refractivity contribution in [1.29, 1.82) is 0 Å². The first-order chi connectivity index (χ1) is 10.2. The van der Waals surface area contributed by atoms with Gasteiger partial charge in [-0.25, -0.2) is 0 Å². The number of nitrogens with zero attached hydrogens (tertiary/aromatic N) is 2. The van der Waals surface area contributed by atoms with Crippen LogP contribution >= 0.6 is 0 Å². The normalized spacial score (nSPS) is 14.6. The topological polar surface area (TPSA) is 39.1 Å². The second-order valence-electron chi connectivity index (χ2n) is 5.64. The molecule has 21 heavy (non-hydrogen) atoms. The Morgan fingerprint density at radius 3 is 2.48 bits per heavy atom. The zero-order chi connectivity index (χ0) is 15.7. The molecule has 1 N–H and O–H groups in total. The van der Waals surface area contributed by atoms with Crippen LogP contribution in [0.25, 0.3) is 0 Å². The van der Waals surface area contributed by atoms with Gasteiger partial charge in [-0.15, -0.1) is 0 Å². The fraction of sp³-hybridized carbons (Fsp3) is 0.824. The first kappa shape index (κ1) is 18.2. The maximum Gasteiger partial charge on any atom is 0.0731 e. The van der Waals surface area contributed by atoms with Crippen molar-refractivity contribution in [2.24, 2.45) is 0 Å². The summed E-state index contributed by atoms with van der Waals surface area (Å²) in [6.07, 6.45) is 7.80. The summed E-state index contributed by atoms with van der Waals surface area (Å²) < 4.78 is 8.03. The van der Waals surface area contributed by atoms with E-state index in [1.807, 2.05) is 7.05 Å². The highest BCUT2D eigenvalue weighted by molar-refractivity contribution is 5.03. The van der Waals surface area contributed by atoms with Gasteiger partial charge in [0.05, 0.1) is 17.8 Å². The lowest BCUT2D eigenvalue weighted by Crippen LogP contribution is -2.41. The Morgan fingerprint density at radius 1 is 1.24 bits per heavy atom. The predicted octanol–water partition coefficient (Wildman–Crippen LogP) is 3.58. The highest BCUT2D eigenvalue weighted by Crippen LogP contribution is 2.16. The summed E-state index contributed by atoms with van der Waals surface area (Å²) in [6, 6.07) is 3.00. The van der Waals surface area contributed by atoms with Crippen LogP contribution in [0.4, 0.5) is 0 Å². The van der Waals surface area contributed by atoms with E-state index in [2.05, 4.69) is 50.0 Å². The third-order valence-corrected chi connectivity index (χ3v) is 4.18. The van der Waals surface area contributed by atoms with Crippen LogP contribution in [-0.4, -0.2) is 35.6 Å². The predicted molar refractivity (Wildman–Crippen MR) is 88.7 cm³/mol. The molecule has 0 radical (unpaired) electrons. The van der Waals surface area contributed by atoms with Crippen molar-refractivity contribution in [3.05, 3.63) is 18.0 Å². The Balaban J connectivity index is 2.71. The summed E-state index contributed by atoms with van der Waals surface area (Å²) in [7, 11) is 2.02. The number of aromatic nitrogens is 2. The van der Waals surface area contributed by atoms with Gasteiger partial charge >= 0.3 is 0 Å². The molecule has 4 heteroatoms. The maximum absolute atomic E-state index is 5.91.